The first-order valence-electron chi connectivity index (χ1n) is 7.33. The predicted molar refractivity (Wildman–Crippen MR) is 75.3 cm³/mol. The average Bonchev–Trinajstić information content (AvgIpc) is 2.77. The van der Waals surface area contributed by atoms with E-state index in [1.807, 2.05) is 0 Å². The maximum atomic E-state index is 12.0. The van der Waals surface area contributed by atoms with Crippen LogP contribution in [-0.4, -0.2) is 43.0 Å². The molecule has 1 saturated carbocycles. The highest BCUT2D eigenvalue weighted by Gasteiger charge is 2.18. The van der Waals surface area contributed by atoms with Crippen LogP contribution in [-0.2, 0) is 4.79 Å². The van der Waals surface area contributed by atoms with Crippen LogP contribution in [0.4, 0.5) is 0 Å². The van der Waals surface area contributed by atoms with E-state index in [-0.39, 0.29) is 5.91 Å². The maximum absolute atomic E-state index is 12.0. The summed E-state index contributed by atoms with van der Waals surface area (Å²) in [5.41, 5.74) is 5.54. The van der Waals surface area contributed by atoms with Crippen LogP contribution in [0.2, 0.25) is 0 Å². The number of carbonyl (C=O) groups excluding carboxylic acids is 1. The van der Waals surface area contributed by atoms with Gasteiger partial charge in [0.15, 0.2) is 0 Å². The molecule has 0 aromatic carbocycles. The van der Waals surface area contributed by atoms with Gasteiger partial charge in [0.25, 0.3) is 0 Å². The lowest BCUT2D eigenvalue weighted by Gasteiger charge is -2.24. The number of nitrogens with zero attached hydrogens (tertiary/aromatic N) is 1. The van der Waals surface area contributed by atoms with Gasteiger partial charge in [0.05, 0.1) is 6.54 Å². The van der Waals surface area contributed by atoms with Gasteiger partial charge in [0.1, 0.15) is 0 Å². The molecule has 0 aliphatic heterocycles. The summed E-state index contributed by atoms with van der Waals surface area (Å²) in [6, 6.07) is 0.424. The van der Waals surface area contributed by atoms with Crippen LogP contribution in [0.25, 0.3) is 0 Å². The molecule has 0 bridgehead atoms. The largest absolute Gasteiger partial charge is 0.352 e. The number of hydrogen-bond acceptors (Lipinski definition) is 3. The highest BCUT2D eigenvalue weighted by atomic mass is 16.2. The van der Waals surface area contributed by atoms with Gasteiger partial charge in [-0.1, -0.05) is 26.7 Å². The number of amides is 1. The van der Waals surface area contributed by atoms with Gasteiger partial charge in [0, 0.05) is 12.6 Å². The minimum atomic E-state index is 0.180. The van der Waals surface area contributed by atoms with Gasteiger partial charge in [-0.2, -0.15) is 0 Å². The number of carbonyl (C=O) groups is 1. The molecule has 1 fully saturated rings. The quantitative estimate of drug-likeness (QED) is 0.688. The van der Waals surface area contributed by atoms with Crippen LogP contribution in [0.15, 0.2) is 0 Å². The standard InChI is InChI=1S/C14H29N3O/c1-12(2)10-17(9-5-8-15)11-14(18)16-13-6-3-4-7-13/h12-13H,3-11,15H2,1-2H3,(H,16,18). The molecule has 4 heteroatoms. The summed E-state index contributed by atoms with van der Waals surface area (Å²) in [5, 5.41) is 3.15. The van der Waals surface area contributed by atoms with Gasteiger partial charge in [0.2, 0.25) is 5.91 Å². The SMILES string of the molecule is CC(C)CN(CCCN)CC(=O)NC1CCCC1. The second-order valence-corrected chi connectivity index (χ2v) is 5.82. The molecule has 0 spiro atoms. The highest BCUT2D eigenvalue weighted by molar-refractivity contribution is 5.78. The topological polar surface area (TPSA) is 58.4 Å². The Labute approximate surface area is 111 Å². The minimum Gasteiger partial charge on any atom is -0.352 e. The van der Waals surface area contributed by atoms with Crippen molar-refractivity contribution in [2.24, 2.45) is 11.7 Å². The molecule has 106 valence electrons. The Morgan fingerprint density at radius 1 is 1.39 bits per heavy atom. The molecule has 18 heavy (non-hydrogen) atoms. The summed E-state index contributed by atoms with van der Waals surface area (Å²) < 4.78 is 0. The Balaban J connectivity index is 2.30. The third kappa shape index (κ3) is 6.36. The van der Waals surface area contributed by atoms with Crippen molar-refractivity contribution in [2.75, 3.05) is 26.2 Å². The molecule has 0 unspecified atom stereocenters. The molecular weight excluding hydrogens is 226 g/mol. The van der Waals surface area contributed by atoms with Crippen molar-refractivity contribution in [3.63, 3.8) is 0 Å². The molecule has 0 aromatic heterocycles. The monoisotopic (exact) mass is 255 g/mol. The van der Waals surface area contributed by atoms with E-state index in [4.69, 9.17) is 5.73 Å². The summed E-state index contributed by atoms with van der Waals surface area (Å²) in [7, 11) is 0. The van der Waals surface area contributed by atoms with Crippen LogP contribution in [0, 0.1) is 5.92 Å². The van der Waals surface area contributed by atoms with E-state index in [9.17, 15) is 4.79 Å². The molecule has 1 amide bonds. The molecule has 1 aliphatic rings. The number of hydrogen-bond donors (Lipinski definition) is 2. The molecule has 0 radical (unpaired) electrons. The zero-order chi connectivity index (χ0) is 13.4. The molecule has 1 aliphatic carbocycles. The van der Waals surface area contributed by atoms with Gasteiger partial charge in [-0.3, -0.25) is 9.69 Å². The Morgan fingerprint density at radius 3 is 2.61 bits per heavy atom. The van der Waals surface area contributed by atoms with Crippen molar-refractivity contribution in [2.45, 2.75) is 52.0 Å². The molecule has 4 nitrogen and oxygen atoms in total. The van der Waals surface area contributed by atoms with Crippen molar-refractivity contribution >= 4 is 5.91 Å². The molecular formula is C14H29N3O. The zero-order valence-electron chi connectivity index (χ0n) is 12.0. The second kappa shape index (κ2) is 8.48. The van der Waals surface area contributed by atoms with Crippen molar-refractivity contribution in [3.05, 3.63) is 0 Å². The third-order valence-corrected chi connectivity index (χ3v) is 3.39. The first-order valence-corrected chi connectivity index (χ1v) is 7.33. The van der Waals surface area contributed by atoms with E-state index < -0.39 is 0 Å². The lowest BCUT2D eigenvalue weighted by molar-refractivity contribution is -0.123. The van der Waals surface area contributed by atoms with Crippen LogP contribution >= 0.6 is 0 Å². The maximum Gasteiger partial charge on any atom is 0.234 e. The van der Waals surface area contributed by atoms with Gasteiger partial charge in [-0.15, -0.1) is 0 Å². The number of nitrogens with one attached hydrogen (secondary N) is 1. The normalized spacial score (nSPS) is 16.7. The fraction of sp³-hybridized carbons (Fsp3) is 0.929. The minimum absolute atomic E-state index is 0.180. The van der Waals surface area contributed by atoms with Crippen molar-refractivity contribution in [1.29, 1.82) is 0 Å². The van der Waals surface area contributed by atoms with Crippen LogP contribution < -0.4 is 11.1 Å². The lowest BCUT2D eigenvalue weighted by atomic mass is 10.2. The van der Waals surface area contributed by atoms with Crippen LogP contribution in [0.5, 0.6) is 0 Å². The molecule has 0 atom stereocenters. The third-order valence-electron chi connectivity index (χ3n) is 3.39. The van der Waals surface area contributed by atoms with E-state index in [0.717, 1.165) is 32.4 Å². The van der Waals surface area contributed by atoms with E-state index in [2.05, 4.69) is 24.1 Å². The molecule has 0 saturated heterocycles. The van der Waals surface area contributed by atoms with Crippen LogP contribution in [0.3, 0.4) is 0 Å². The van der Waals surface area contributed by atoms with E-state index in [0.29, 0.717) is 25.0 Å². The summed E-state index contributed by atoms with van der Waals surface area (Å²) in [6.07, 6.45) is 5.78. The zero-order valence-corrected chi connectivity index (χ0v) is 12.0. The summed E-state index contributed by atoms with van der Waals surface area (Å²) in [6.45, 7) is 7.48. The molecule has 0 heterocycles. The fourth-order valence-electron chi connectivity index (χ4n) is 2.61. The van der Waals surface area contributed by atoms with Gasteiger partial charge in [-0.05, 0) is 38.3 Å². The number of nitrogens with two attached hydrogens (primary N) is 1. The fourth-order valence-corrected chi connectivity index (χ4v) is 2.61. The summed E-state index contributed by atoms with van der Waals surface area (Å²) >= 11 is 0. The van der Waals surface area contributed by atoms with E-state index >= 15 is 0 Å². The van der Waals surface area contributed by atoms with Crippen molar-refractivity contribution in [1.82, 2.24) is 10.2 Å². The Kier molecular flexibility index (Phi) is 7.28. The van der Waals surface area contributed by atoms with Gasteiger partial charge >= 0.3 is 0 Å². The lowest BCUT2D eigenvalue weighted by Crippen LogP contribution is -2.42. The second-order valence-electron chi connectivity index (χ2n) is 5.82. The first-order chi connectivity index (χ1) is 8.61. The first kappa shape index (κ1) is 15.4. The predicted octanol–water partition coefficient (Wildman–Crippen LogP) is 1.35. The molecule has 1 rings (SSSR count). The van der Waals surface area contributed by atoms with E-state index in [1.54, 1.807) is 0 Å². The molecule has 3 N–H and O–H groups in total. The van der Waals surface area contributed by atoms with E-state index in [1.165, 1.54) is 12.8 Å². The molecule has 0 aromatic rings. The van der Waals surface area contributed by atoms with Crippen molar-refractivity contribution in [3.8, 4) is 0 Å². The summed E-state index contributed by atoms with van der Waals surface area (Å²) in [4.78, 5) is 14.2. The van der Waals surface area contributed by atoms with Crippen LogP contribution in [0.1, 0.15) is 46.0 Å². The Bertz CT molecular complexity index is 237. The van der Waals surface area contributed by atoms with Gasteiger partial charge < -0.3 is 11.1 Å². The van der Waals surface area contributed by atoms with Crippen molar-refractivity contribution < 1.29 is 4.79 Å². The summed E-state index contributed by atoms with van der Waals surface area (Å²) in [5.74, 6) is 0.765. The number of rotatable bonds is 8. The average molecular weight is 255 g/mol. The Hall–Kier alpha value is -0.610. The van der Waals surface area contributed by atoms with Gasteiger partial charge in [-0.25, -0.2) is 0 Å². The smallest absolute Gasteiger partial charge is 0.234 e. The Morgan fingerprint density at radius 2 is 2.06 bits per heavy atom. The highest BCUT2D eigenvalue weighted by Crippen LogP contribution is 2.17.